The molecule has 2 amide bonds. The highest BCUT2D eigenvalue weighted by molar-refractivity contribution is 6.25. The molecule has 2 aliphatic heterocycles. The maximum atomic E-state index is 13.6. The number of Topliss-reactive ketones (excluding diaryl/α,β-unsaturated/α-hetero) is 1. The molecule has 0 radical (unpaired) electrons. The zero-order valence-electron chi connectivity index (χ0n) is 21.7. The Morgan fingerprint density at radius 1 is 1.10 bits per heavy atom. The van der Waals surface area contributed by atoms with Crippen LogP contribution in [0.15, 0.2) is 67.1 Å². The summed E-state index contributed by atoms with van der Waals surface area (Å²) in [6.07, 6.45) is 7.02. The highest BCUT2D eigenvalue weighted by Crippen LogP contribution is 2.39. The second-order valence-corrected chi connectivity index (χ2v) is 9.97. The Labute approximate surface area is 226 Å². The first-order chi connectivity index (χ1) is 19.0. The van der Waals surface area contributed by atoms with Crippen molar-refractivity contribution in [1.82, 2.24) is 19.7 Å². The number of rotatable bonds is 10. The summed E-state index contributed by atoms with van der Waals surface area (Å²) in [5, 5.41) is 5.99. The van der Waals surface area contributed by atoms with Crippen molar-refractivity contribution in [2.24, 2.45) is 0 Å². The van der Waals surface area contributed by atoms with Crippen LogP contribution in [0.1, 0.15) is 40.7 Å². The molecule has 2 aromatic carbocycles. The number of likely N-dealkylation sites (tertiary alicyclic amines) is 1. The SMILES string of the molecule is COCCCN1C(=O)c2cccc3c(CC(=O)C4CCC(=O)N4Cc4ccc(-n5cccn5)nc4)ccc1c23. The van der Waals surface area contributed by atoms with E-state index < -0.39 is 6.04 Å². The Kier molecular flexibility index (Phi) is 6.66. The van der Waals surface area contributed by atoms with E-state index in [4.69, 9.17) is 4.74 Å². The monoisotopic (exact) mass is 523 g/mol. The number of hydrogen-bond acceptors (Lipinski definition) is 6. The largest absolute Gasteiger partial charge is 0.385 e. The standard InChI is InChI=1S/C30H29N5O4/c1-39-16-4-14-33-25-9-8-21(22-5-2-6-23(29(22)25)30(33)38)17-26(36)24-10-12-28(37)34(24)19-20-7-11-27(31-18-20)35-15-3-13-32-35/h2-3,5-9,11,13,15,18,24H,4,10,12,14,16-17,19H2,1H3. The molecular formula is C30H29N5O4. The summed E-state index contributed by atoms with van der Waals surface area (Å²) >= 11 is 0. The van der Waals surface area contributed by atoms with Crippen molar-refractivity contribution in [2.75, 3.05) is 25.2 Å². The number of methoxy groups -OCH3 is 1. The topological polar surface area (TPSA) is 97.6 Å². The summed E-state index contributed by atoms with van der Waals surface area (Å²) in [7, 11) is 1.65. The van der Waals surface area contributed by atoms with Crippen molar-refractivity contribution >= 4 is 34.1 Å². The lowest BCUT2D eigenvalue weighted by molar-refractivity contribution is -0.134. The van der Waals surface area contributed by atoms with Crippen LogP contribution in [0.25, 0.3) is 16.6 Å². The Bertz CT molecular complexity index is 1550. The van der Waals surface area contributed by atoms with E-state index in [9.17, 15) is 14.4 Å². The molecule has 9 heteroatoms. The summed E-state index contributed by atoms with van der Waals surface area (Å²) in [5.74, 6) is 0.646. The number of pyridine rings is 1. The van der Waals surface area contributed by atoms with Crippen LogP contribution in [0.5, 0.6) is 0 Å². The number of benzene rings is 2. The van der Waals surface area contributed by atoms with Gasteiger partial charge in [-0.3, -0.25) is 14.4 Å². The zero-order chi connectivity index (χ0) is 26.9. The van der Waals surface area contributed by atoms with Gasteiger partial charge in [-0.2, -0.15) is 5.10 Å². The maximum Gasteiger partial charge on any atom is 0.258 e. The van der Waals surface area contributed by atoms with Gasteiger partial charge in [0.1, 0.15) is 0 Å². The van der Waals surface area contributed by atoms with Gasteiger partial charge >= 0.3 is 0 Å². The van der Waals surface area contributed by atoms with Crippen molar-refractivity contribution in [3.8, 4) is 5.82 Å². The van der Waals surface area contributed by atoms with Gasteiger partial charge in [-0.25, -0.2) is 9.67 Å². The van der Waals surface area contributed by atoms with Gasteiger partial charge in [-0.15, -0.1) is 0 Å². The number of carbonyl (C=O) groups excluding carboxylic acids is 3. The third-order valence-corrected chi connectivity index (χ3v) is 7.57. The quantitative estimate of drug-likeness (QED) is 0.294. The molecule has 0 bridgehead atoms. The van der Waals surface area contributed by atoms with Gasteiger partial charge in [0.25, 0.3) is 5.91 Å². The third-order valence-electron chi connectivity index (χ3n) is 7.57. The van der Waals surface area contributed by atoms with E-state index in [-0.39, 0.29) is 24.0 Å². The molecule has 0 N–H and O–H groups in total. The Morgan fingerprint density at radius 3 is 2.77 bits per heavy atom. The predicted octanol–water partition coefficient (Wildman–Crippen LogP) is 3.72. The molecular weight excluding hydrogens is 494 g/mol. The minimum Gasteiger partial charge on any atom is -0.385 e. The number of nitrogens with zero attached hydrogens (tertiary/aromatic N) is 5. The Balaban J connectivity index is 1.21. The zero-order valence-corrected chi connectivity index (χ0v) is 21.7. The summed E-state index contributed by atoms with van der Waals surface area (Å²) in [4.78, 5) is 47.4. The van der Waals surface area contributed by atoms with E-state index in [0.29, 0.717) is 43.9 Å². The molecule has 1 saturated heterocycles. The lowest BCUT2D eigenvalue weighted by Gasteiger charge is -2.24. The average molecular weight is 524 g/mol. The maximum absolute atomic E-state index is 13.6. The number of hydrogen-bond donors (Lipinski definition) is 0. The normalized spacial score (nSPS) is 16.6. The van der Waals surface area contributed by atoms with E-state index in [1.165, 1.54) is 0 Å². The van der Waals surface area contributed by atoms with E-state index >= 15 is 0 Å². The second kappa shape index (κ2) is 10.4. The van der Waals surface area contributed by atoms with Crippen LogP contribution in [0.4, 0.5) is 5.69 Å². The van der Waals surface area contributed by atoms with Gasteiger partial charge in [-0.1, -0.05) is 24.3 Å². The van der Waals surface area contributed by atoms with Crippen molar-refractivity contribution in [2.45, 2.75) is 38.3 Å². The fraction of sp³-hybridized carbons (Fsp3) is 0.300. The summed E-state index contributed by atoms with van der Waals surface area (Å²) < 4.78 is 6.83. The second-order valence-electron chi connectivity index (χ2n) is 9.97. The summed E-state index contributed by atoms with van der Waals surface area (Å²) in [5.41, 5.74) is 3.27. The molecule has 1 unspecified atom stereocenters. The van der Waals surface area contributed by atoms with Crippen LogP contribution >= 0.6 is 0 Å². The highest BCUT2D eigenvalue weighted by Gasteiger charge is 2.36. The van der Waals surface area contributed by atoms with Crippen molar-refractivity contribution in [1.29, 1.82) is 0 Å². The van der Waals surface area contributed by atoms with Crippen LogP contribution in [0.2, 0.25) is 0 Å². The lowest BCUT2D eigenvalue weighted by atomic mass is 9.95. The van der Waals surface area contributed by atoms with E-state index in [1.807, 2.05) is 54.7 Å². The van der Waals surface area contributed by atoms with Crippen molar-refractivity contribution in [3.63, 3.8) is 0 Å². The molecule has 1 fully saturated rings. The van der Waals surface area contributed by atoms with Gasteiger partial charge in [0.15, 0.2) is 11.6 Å². The minimum atomic E-state index is -0.487. The molecule has 0 aliphatic carbocycles. The Morgan fingerprint density at radius 2 is 2.00 bits per heavy atom. The number of aromatic nitrogens is 3. The number of amides is 2. The first kappa shape index (κ1) is 24.9. The molecule has 198 valence electrons. The van der Waals surface area contributed by atoms with Gasteiger partial charge in [0.05, 0.1) is 11.7 Å². The van der Waals surface area contributed by atoms with Crippen molar-refractivity contribution in [3.05, 3.63) is 83.8 Å². The number of ketones is 1. The average Bonchev–Trinajstić information content (AvgIpc) is 3.68. The van der Waals surface area contributed by atoms with Gasteiger partial charge < -0.3 is 14.5 Å². The minimum absolute atomic E-state index is 0.00366. The molecule has 6 rings (SSSR count). The number of ether oxygens (including phenoxy) is 1. The molecule has 2 aromatic heterocycles. The first-order valence-electron chi connectivity index (χ1n) is 13.2. The third kappa shape index (κ3) is 4.59. The molecule has 0 spiro atoms. The molecule has 4 heterocycles. The van der Waals surface area contributed by atoms with Gasteiger partial charge in [0, 0.05) is 69.2 Å². The Hall–Kier alpha value is -4.37. The fourth-order valence-electron chi connectivity index (χ4n) is 5.67. The number of anilines is 1. The van der Waals surface area contributed by atoms with E-state index in [0.717, 1.165) is 34.0 Å². The van der Waals surface area contributed by atoms with Gasteiger partial charge in [0.2, 0.25) is 5.91 Å². The molecule has 2 aliphatic rings. The fourth-order valence-corrected chi connectivity index (χ4v) is 5.67. The summed E-state index contributed by atoms with van der Waals surface area (Å²) in [6, 6.07) is 14.7. The van der Waals surface area contributed by atoms with Crippen LogP contribution in [0, 0.1) is 0 Å². The van der Waals surface area contributed by atoms with Crippen LogP contribution in [-0.4, -0.2) is 63.6 Å². The van der Waals surface area contributed by atoms with E-state index in [2.05, 4.69) is 10.1 Å². The highest BCUT2D eigenvalue weighted by atomic mass is 16.5. The van der Waals surface area contributed by atoms with Crippen molar-refractivity contribution < 1.29 is 19.1 Å². The summed E-state index contributed by atoms with van der Waals surface area (Å²) in [6.45, 7) is 1.49. The smallest absolute Gasteiger partial charge is 0.258 e. The first-order valence-corrected chi connectivity index (χ1v) is 13.2. The van der Waals surface area contributed by atoms with E-state index in [1.54, 1.807) is 34.0 Å². The molecule has 1 atom stereocenters. The molecule has 0 saturated carbocycles. The molecule has 9 nitrogen and oxygen atoms in total. The van der Waals surface area contributed by atoms with Crippen LogP contribution in [0.3, 0.4) is 0 Å². The van der Waals surface area contributed by atoms with Crippen LogP contribution < -0.4 is 4.90 Å². The number of carbonyl (C=O) groups is 3. The lowest BCUT2D eigenvalue weighted by Crippen LogP contribution is -2.38. The molecule has 4 aromatic rings. The van der Waals surface area contributed by atoms with Gasteiger partial charge in [-0.05, 0) is 53.6 Å². The predicted molar refractivity (Wildman–Crippen MR) is 146 cm³/mol. The molecule has 39 heavy (non-hydrogen) atoms. The van der Waals surface area contributed by atoms with Crippen LogP contribution in [-0.2, 0) is 27.3 Å².